The molecule has 0 amide bonds. The van der Waals surface area contributed by atoms with E-state index in [0.29, 0.717) is 44.3 Å². The SMILES string of the molecule is CC(C)c1ccc(CC(=O)C[C@H](C)c2ccc(OCC3OCCO3)cn2)cc1. The van der Waals surface area contributed by atoms with Gasteiger partial charge in [-0.05, 0) is 29.2 Å². The number of carbonyl (C=O) groups is 1. The number of benzene rings is 1. The molecule has 0 radical (unpaired) electrons. The molecule has 150 valence electrons. The van der Waals surface area contributed by atoms with Crippen molar-refractivity contribution in [1.82, 2.24) is 4.98 Å². The second-order valence-electron chi connectivity index (χ2n) is 7.62. The molecule has 1 atom stereocenters. The highest BCUT2D eigenvalue weighted by Gasteiger charge is 2.17. The molecule has 2 heterocycles. The maximum atomic E-state index is 12.5. The topological polar surface area (TPSA) is 57.7 Å². The van der Waals surface area contributed by atoms with Gasteiger partial charge in [-0.2, -0.15) is 0 Å². The maximum Gasteiger partial charge on any atom is 0.191 e. The second kappa shape index (κ2) is 9.80. The van der Waals surface area contributed by atoms with Crippen molar-refractivity contribution >= 4 is 5.78 Å². The molecule has 1 aromatic carbocycles. The maximum absolute atomic E-state index is 12.5. The minimum absolute atomic E-state index is 0.0676. The fourth-order valence-corrected chi connectivity index (χ4v) is 3.20. The van der Waals surface area contributed by atoms with E-state index in [9.17, 15) is 4.79 Å². The van der Waals surface area contributed by atoms with Crippen molar-refractivity contribution in [2.24, 2.45) is 0 Å². The summed E-state index contributed by atoms with van der Waals surface area (Å²) in [6.45, 7) is 7.94. The molecular weight excluding hydrogens is 354 g/mol. The van der Waals surface area contributed by atoms with Gasteiger partial charge >= 0.3 is 0 Å². The van der Waals surface area contributed by atoms with Gasteiger partial charge in [-0.25, -0.2) is 0 Å². The summed E-state index contributed by atoms with van der Waals surface area (Å²) in [7, 11) is 0. The second-order valence-corrected chi connectivity index (χ2v) is 7.62. The van der Waals surface area contributed by atoms with Gasteiger partial charge in [0.2, 0.25) is 0 Å². The van der Waals surface area contributed by atoms with Gasteiger partial charge in [-0.3, -0.25) is 9.78 Å². The van der Waals surface area contributed by atoms with Crippen LogP contribution >= 0.6 is 0 Å². The summed E-state index contributed by atoms with van der Waals surface area (Å²) < 4.78 is 16.3. The standard InChI is InChI=1S/C23H29NO4/c1-16(2)19-6-4-18(5-7-19)13-20(25)12-17(3)22-9-8-21(14-24-22)28-15-23-26-10-11-27-23/h4-9,14,16-17,23H,10-13,15H2,1-3H3/t17-/m0/s1. The molecule has 1 aromatic heterocycles. The summed E-state index contributed by atoms with van der Waals surface area (Å²) in [6, 6.07) is 12.1. The lowest BCUT2D eigenvalue weighted by Crippen LogP contribution is -2.18. The molecule has 5 heteroatoms. The van der Waals surface area contributed by atoms with Gasteiger partial charge in [0.15, 0.2) is 6.29 Å². The summed E-state index contributed by atoms with van der Waals surface area (Å²) in [5.41, 5.74) is 3.25. The number of pyridine rings is 1. The van der Waals surface area contributed by atoms with Crippen LogP contribution in [0.2, 0.25) is 0 Å². The minimum atomic E-state index is -0.300. The van der Waals surface area contributed by atoms with E-state index in [1.807, 2.05) is 19.1 Å². The number of aromatic nitrogens is 1. The van der Waals surface area contributed by atoms with E-state index in [4.69, 9.17) is 14.2 Å². The van der Waals surface area contributed by atoms with E-state index in [2.05, 4.69) is 43.1 Å². The van der Waals surface area contributed by atoms with Crippen LogP contribution in [-0.2, 0) is 20.7 Å². The first kappa shape index (κ1) is 20.5. The van der Waals surface area contributed by atoms with Crippen LogP contribution in [0.3, 0.4) is 0 Å². The van der Waals surface area contributed by atoms with E-state index in [-0.39, 0.29) is 18.0 Å². The fraction of sp³-hybridized carbons (Fsp3) is 0.478. The van der Waals surface area contributed by atoms with Crippen LogP contribution in [0.15, 0.2) is 42.6 Å². The third-order valence-corrected chi connectivity index (χ3v) is 4.92. The van der Waals surface area contributed by atoms with Crippen molar-refractivity contribution in [2.45, 2.75) is 51.7 Å². The number of carbonyl (C=O) groups excluding carboxylic acids is 1. The lowest BCUT2D eigenvalue weighted by molar-refractivity contribution is -0.118. The summed E-state index contributed by atoms with van der Waals surface area (Å²) >= 11 is 0. The number of ketones is 1. The van der Waals surface area contributed by atoms with Crippen LogP contribution in [0.1, 0.15) is 55.8 Å². The molecule has 3 rings (SSSR count). The average Bonchev–Trinajstić information content (AvgIpc) is 3.20. The predicted molar refractivity (Wildman–Crippen MR) is 108 cm³/mol. The van der Waals surface area contributed by atoms with Gasteiger partial charge < -0.3 is 14.2 Å². The molecule has 0 bridgehead atoms. The van der Waals surface area contributed by atoms with Crippen molar-refractivity contribution in [1.29, 1.82) is 0 Å². The highest BCUT2D eigenvalue weighted by Crippen LogP contribution is 2.21. The van der Waals surface area contributed by atoms with E-state index in [1.54, 1.807) is 6.20 Å². The molecular formula is C23H29NO4. The highest BCUT2D eigenvalue weighted by atomic mass is 16.7. The Morgan fingerprint density at radius 1 is 1.11 bits per heavy atom. The number of ether oxygens (including phenoxy) is 3. The van der Waals surface area contributed by atoms with Gasteiger partial charge in [-0.1, -0.05) is 45.0 Å². The van der Waals surface area contributed by atoms with Gasteiger partial charge in [0.05, 0.1) is 19.4 Å². The fourth-order valence-electron chi connectivity index (χ4n) is 3.20. The molecule has 28 heavy (non-hydrogen) atoms. The molecule has 1 fully saturated rings. The number of nitrogens with zero attached hydrogens (tertiary/aromatic N) is 1. The molecule has 1 aliphatic heterocycles. The van der Waals surface area contributed by atoms with Crippen LogP contribution in [-0.4, -0.2) is 36.9 Å². The van der Waals surface area contributed by atoms with Crippen LogP contribution in [0.25, 0.3) is 0 Å². The number of hydrogen-bond donors (Lipinski definition) is 0. The molecule has 1 saturated heterocycles. The summed E-state index contributed by atoms with van der Waals surface area (Å²) in [6.07, 6.45) is 2.33. The monoisotopic (exact) mass is 383 g/mol. The average molecular weight is 383 g/mol. The Kier molecular flexibility index (Phi) is 7.18. The van der Waals surface area contributed by atoms with E-state index in [1.165, 1.54) is 5.56 Å². The van der Waals surface area contributed by atoms with Gasteiger partial charge in [-0.15, -0.1) is 0 Å². The highest BCUT2D eigenvalue weighted by molar-refractivity contribution is 5.81. The van der Waals surface area contributed by atoms with E-state index < -0.39 is 0 Å². The van der Waals surface area contributed by atoms with Gasteiger partial charge in [0.1, 0.15) is 18.1 Å². The Morgan fingerprint density at radius 2 is 1.82 bits per heavy atom. The predicted octanol–water partition coefficient (Wildman–Crippen LogP) is 4.26. The summed E-state index contributed by atoms with van der Waals surface area (Å²) in [5, 5.41) is 0. The molecule has 0 aliphatic carbocycles. The third-order valence-electron chi connectivity index (χ3n) is 4.92. The Hall–Kier alpha value is -2.24. The molecule has 0 saturated carbocycles. The Morgan fingerprint density at radius 3 is 2.43 bits per heavy atom. The zero-order chi connectivity index (χ0) is 19.9. The van der Waals surface area contributed by atoms with Gasteiger partial charge in [0.25, 0.3) is 0 Å². The van der Waals surface area contributed by atoms with E-state index >= 15 is 0 Å². The molecule has 5 nitrogen and oxygen atoms in total. The van der Waals surface area contributed by atoms with Crippen molar-refractivity contribution < 1.29 is 19.0 Å². The Labute approximate surface area is 167 Å². The third kappa shape index (κ3) is 5.88. The van der Waals surface area contributed by atoms with Gasteiger partial charge in [0, 0.05) is 24.5 Å². The van der Waals surface area contributed by atoms with Crippen molar-refractivity contribution in [2.75, 3.05) is 19.8 Å². The Bertz CT molecular complexity index is 749. The molecule has 1 aliphatic rings. The zero-order valence-electron chi connectivity index (χ0n) is 16.9. The summed E-state index contributed by atoms with van der Waals surface area (Å²) in [5.74, 6) is 1.47. The van der Waals surface area contributed by atoms with E-state index in [0.717, 1.165) is 11.3 Å². The molecule has 0 N–H and O–H groups in total. The minimum Gasteiger partial charge on any atom is -0.487 e. The van der Waals surface area contributed by atoms with Crippen LogP contribution in [0, 0.1) is 0 Å². The van der Waals surface area contributed by atoms with Crippen molar-refractivity contribution in [3.63, 3.8) is 0 Å². The first-order valence-corrected chi connectivity index (χ1v) is 9.93. The number of Topliss-reactive ketones (excluding diaryl/α,β-unsaturated/α-hetero) is 1. The Balaban J connectivity index is 1.47. The first-order valence-electron chi connectivity index (χ1n) is 9.93. The normalized spacial score (nSPS) is 15.7. The summed E-state index contributed by atoms with van der Waals surface area (Å²) in [4.78, 5) is 16.9. The largest absolute Gasteiger partial charge is 0.487 e. The first-order chi connectivity index (χ1) is 13.5. The van der Waals surface area contributed by atoms with Crippen molar-refractivity contribution in [3.05, 3.63) is 59.4 Å². The quantitative estimate of drug-likeness (QED) is 0.647. The number of rotatable bonds is 9. The number of hydrogen-bond acceptors (Lipinski definition) is 5. The van der Waals surface area contributed by atoms with Crippen LogP contribution in [0.5, 0.6) is 5.75 Å². The molecule has 0 unspecified atom stereocenters. The lowest BCUT2D eigenvalue weighted by Gasteiger charge is -2.13. The lowest BCUT2D eigenvalue weighted by atomic mass is 9.95. The molecule has 2 aromatic rings. The molecule has 0 spiro atoms. The van der Waals surface area contributed by atoms with Crippen LogP contribution < -0.4 is 4.74 Å². The van der Waals surface area contributed by atoms with Crippen LogP contribution in [0.4, 0.5) is 0 Å². The van der Waals surface area contributed by atoms with Crippen molar-refractivity contribution in [3.8, 4) is 5.75 Å². The zero-order valence-corrected chi connectivity index (χ0v) is 16.9. The smallest absolute Gasteiger partial charge is 0.191 e.